The Morgan fingerprint density at radius 2 is 1.91 bits per heavy atom. The van der Waals surface area contributed by atoms with E-state index >= 15 is 0 Å². The summed E-state index contributed by atoms with van der Waals surface area (Å²) < 4.78 is 51.1. The van der Waals surface area contributed by atoms with E-state index in [1.165, 1.54) is 0 Å². The molecule has 5 heteroatoms. The molecule has 0 bridgehead atoms. The van der Waals surface area contributed by atoms with Gasteiger partial charge in [0.05, 0.1) is 12.2 Å². The first-order valence-electron chi connectivity index (χ1n) is 7.16. The topological polar surface area (TPSA) is 18.5 Å². The van der Waals surface area contributed by atoms with Gasteiger partial charge < -0.3 is 9.47 Å². The Hall–Kier alpha value is -1.59. The van der Waals surface area contributed by atoms with Gasteiger partial charge in [-0.05, 0) is 30.0 Å². The number of hydrogen-bond donors (Lipinski definition) is 0. The first-order chi connectivity index (χ1) is 10.6. The number of benzene rings is 1. The van der Waals surface area contributed by atoms with Crippen molar-refractivity contribution in [2.45, 2.75) is 32.5 Å². The summed E-state index contributed by atoms with van der Waals surface area (Å²) in [5.74, 6) is -0.865. The minimum absolute atomic E-state index is 0.243. The molecule has 2 rings (SSSR count). The van der Waals surface area contributed by atoms with E-state index in [1.54, 1.807) is 44.4 Å². The predicted molar refractivity (Wildman–Crippen MR) is 79.3 cm³/mol. The van der Waals surface area contributed by atoms with Gasteiger partial charge in [-0.2, -0.15) is 0 Å². The highest BCUT2D eigenvalue weighted by molar-refractivity contribution is 5.81. The first kappa shape index (κ1) is 16.8. The molecule has 2 nitrogen and oxygen atoms in total. The summed E-state index contributed by atoms with van der Waals surface area (Å²) in [7, 11) is 1.58. The monoisotopic (exact) mass is 312 g/mol. The zero-order valence-electron chi connectivity index (χ0n) is 12.6. The highest BCUT2D eigenvalue weighted by atomic mass is 19.3. The fraction of sp³-hybridized carbons (Fsp3) is 0.412. The molecular weight excluding hydrogens is 293 g/mol. The standard InChI is InChI=1S/C17H19F3O2/c1-3-22-14-9-8-13(15(16(14)18)17(19)20)12-6-4-11(5-7-12)10-21-2/h4-8,14,17H,3,9-10H2,1-2H3. The second kappa shape index (κ2) is 7.61. The van der Waals surface area contributed by atoms with Crippen molar-refractivity contribution in [1.29, 1.82) is 0 Å². The summed E-state index contributed by atoms with van der Waals surface area (Å²) in [5, 5.41) is 0. The van der Waals surface area contributed by atoms with Gasteiger partial charge in [0.15, 0.2) is 0 Å². The molecule has 0 saturated heterocycles. The van der Waals surface area contributed by atoms with Gasteiger partial charge in [-0.15, -0.1) is 0 Å². The van der Waals surface area contributed by atoms with Crippen LogP contribution in [-0.4, -0.2) is 26.2 Å². The molecule has 0 aromatic heterocycles. The lowest BCUT2D eigenvalue weighted by Crippen LogP contribution is -2.21. The summed E-state index contributed by atoms with van der Waals surface area (Å²) in [5.41, 5.74) is 1.18. The van der Waals surface area contributed by atoms with Gasteiger partial charge in [-0.3, -0.25) is 0 Å². The molecule has 120 valence electrons. The molecule has 0 fully saturated rings. The van der Waals surface area contributed by atoms with Crippen LogP contribution in [0.2, 0.25) is 0 Å². The fourth-order valence-corrected chi connectivity index (χ4v) is 2.53. The number of allylic oxidation sites excluding steroid dienone is 2. The van der Waals surface area contributed by atoms with E-state index in [0.717, 1.165) is 5.56 Å². The van der Waals surface area contributed by atoms with Crippen molar-refractivity contribution in [3.8, 4) is 0 Å². The molecule has 1 atom stereocenters. The summed E-state index contributed by atoms with van der Waals surface area (Å²) >= 11 is 0. The van der Waals surface area contributed by atoms with E-state index in [1.807, 2.05) is 0 Å². The van der Waals surface area contributed by atoms with Crippen molar-refractivity contribution in [3.63, 3.8) is 0 Å². The quantitative estimate of drug-likeness (QED) is 0.769. The van der Waals surface area contributed by atoms with E-state index < -0.39 is 23.9 Å². The van der Waals surface area contributed by atoms with Crippen LogP contribution in [0, 0.1) is 0 Å². The molecule has 0 N–H and O–H groups in total. The number of ether oxygens (including phenoxy) is 2. The van der Waals surface area contributed by atoms with Crippen LogP contribution >= 0.6 is 0 Å². The van der Waals surface area contributed by atoms with E-state index in [-0.39, 0.29) is 18.6 Å². The third-order valence-electron chi connectivity index (χ3n) is 3.53. The van der Waals surface area contributed by atoms with Crippen molar-refractivity contribution < 1.29 is 22.6 Å². The molecule has 0 heterocycles. The molecule has 1 unspecified atom stereocenters. The van der Waals surface area contributed by atoms with Gasteiger partial charge in [-0.1, -0.05) is 30.3 Å². The number of methoxy groups -OCH3 is 1. The number of hydrogen-bond acceptors (Lipinski definition) is 2. The smallest absolute Gasteiger partial charge is 0.267 e. The van der Waals surface area contributed by atoms with Crippen LogP contribution in [0.15, 0.2) is 41.7 Å². The average molecular weight is 312 g/mol. The van der Waals surface area contributed by atoms with Gasteiger partial charge in [0.1, 0.15) is 11.9 Å². The van der Waals surface area contributed by atoms with Crippen LogP contribution < -0.4 is 0 Å². The summed E-state index contributed by atoms with van der Waals surface area (Å²) in [6.45, 7) is 2.43. The second-order valence-corrected chi connectivity index (χ2v) is 4.99. The Balaban J connectivity index is 2.33. The predicted octanol–water partition coefficient (Wildman–Crippen LogP) is 4.51. The molecular formula is C17H19F3O2. The third kappa shape index (κ3) is 3.59. The SMILES string of the molecule is CCOC1CC=C(c2ccc(COC)cc2)C(C(F)F)=C1F. The lowest BCUT2D eigenvalue weighted by atomic mass is 9.89. The minimum atomic E-state index is -2.88. The Kier molecular flexibility index (Phi) is 5.80. The van der Waals surface area contributed by atoms with Crippen molar-refractivity contribution in [1.82, 2.24) is 0 Å². The van der Waals surface area contributed by atoms with Crippen LogP contribution in [0.1, 0.15) is 24.5 Å². The van der Waals surface area contributed by atoms with E-state index in [9.17, 15) is 13.2 Å². The number of halogens is 3. The normalized spacial score (nSPS) is 18.8. The maximum Gasteiger partial charge on any atom is 0.267 e. The number of rotatable bonds is 6. The summed E-state index contributed by atoms with van der Waals surface area (Å²) in [6, 6.07) is 6.98. The Morgan fingerprint density at radius 3 is 2.45 bits per heavy atom. The van der Waals surface area contributed by atoms with Gasteiger partial charge >= 0.3 is 0 Å². The summed E-state index contributed by atoms with van der Waals surface area (Å²) in [6.07, 6.45) is -1.92. The molecule has 0 saturated carbocycles. The average Bonchev–Trinajstić information content (AvgIpc) is 2.50. The Morgan fingerprint density at radius 1 is 1.23 bits per heavy atom. The zero-order chi connectivity index (χ0) is 16.1. The van der Waals surface area contributed by atoms with Crippen LogP contribution in [-0.2, 0) is 16.1 Å². The molecule has 1 aromatic carbocycles. The van der Waals surface area contributed by atoms with Crippen molar-refractivity contribution in [2.75, 3.05) is 13.7 Å². The summed E-state index contributed by atoms with van der Waals surface area (Å²) in [4.78, 5) is 0. The molecule has 0 amide bonds. The maximum absolute atomic E-state index is 14.3. The van der Waals surface area contributed by atoms with Crippen LogP contribution in [0.3, 0.4) is 0 Å². The van der Waals surface area contributed by atoms with Crippen molar-refractivity contribution in [3.05, 3.63) is 52.9 Å². The lowest BCUT2D eigenvalue weighted by molar-refractivity contribution is 0.0688. The third-order valence-corrected chi connectivity index (χ3v) is 3.53. The van der Waals surface area contributed by atoms with Crippen molar-refractivity contribution >= 4 is 5.57 Å². The molecule has 0 aliphatic heterocycles. The molecule has 1 aliphatic rings. The largest absolute Gasteiger partial charge is 0.380 e. The first-order valence-corrected chi connectivity index (χ1v) is 7.16. The molecule has 0 radical (unpaired) electrons. The molecule has 0 spiro atoms. The molecule has 22 heavy (non-hydrogen) atoms. The lowest BCUT2D eigenvalue weighted by Gasteiger charge is -2.24. The highest BCUT2D eigenvalue weighted by Crippen LogP contribution is 2.38. The Labute approximate surface area is 128 Å². The fourth-order valence-electron chi connectivity index (χ4n) is 2.53. The van der Waals surface area contributed by atoms with Crippen LogP contribution in [0.25, 0.3) is 5.57 Å². The van der Waals surface area contributed by atoms with Crippen LogP contribution in [0.5, 0.6) is 0 Å². The van der Waals surface area contributed by atoms with Gasteiger partial charge in [0.25, 0.3) is 6.43 Å². The molecule has 1 aliphatic carbocycles. The van der Waals surface area contributed by atoms with Crippen molar-refractivity contribution in [2.24, 2.45) is 0 Å². The highest BCUT2D eigenvalue weighted by Gasteiger charge is 2.31. The van der Waals surface area contributed by atoms with Gasteiger partial charge in [0.2, 0.25) is 0 Å². The van der Waals surface area contributed by atoms with Gasteiger partial charge in [-0.25, -0.2) is 13.2 Å². The zero-order valence-corrected chi connectivity index (χ0v) is 12.6. The minimum Gasteiger partial charge on any atom is -0.380 e. The Bertz CT molecular complexity index is 562. The van der Waals surface area contributed by atoms with E-state index in [2.05, 4.69) is 0 Å². The number of alkyl halides is 2. The van der Waals surface area contributed by atoms with Gasteiger partial charge in [0, 0.05) is 13.7 Å². The van der Waals surface area contributed by atoms with E-state index in [0.29, 0.717) is 12.2 Å². The van der Waals surface area contributed by atoms with Crippen LogP contribution in [0.4, 0.5) is 13.2 Å². The second-order valence-electron chi connectivity index (χ2n) is 4.99. The molecule has 1 aromatic rings. The van der Waals surface area contributed by atoms with E-state index in [4.69, 9.17) is 9.47 Å². The maximum atomic E-state index is 14.3.